The van der Waals surface area contributed by atoms with E-state index in [0.29, 0.717) is 19.8 Å². The number of hydrogen-bond acceptors (Lipinski definition) is 5. The van der Waals surface area contributed by atoms with Gasteiger partial charge in [-0.1, -0.05) is 12.1 Å². The molecule has 0 fully saturated rings. The summed E-state index contributed by atoms with van der Waals surface area (Å²) < 4.78 is 16.9. The van der Waals surface area contributed by atoms with Gasteiger partial charge in [0.1, 0.15) is 12.4 Å². The van der Waals surface area contributed by atoms with Crippen molar-refractivity contribution in [2.24, 2.45) is 5.73 Å². The summed E-state index contributed by atoms with van der Waals surface area (Å²) in [6.45, 7) is 2.68. The Bertz CT molecular complexity index is 463. The standard InChI is InChI=1S/C10H12BNO3.C2H4O2/c12-6-9-7-2-1-3-8-10(7)11(15-9)14-5-4-13-8;1-2(3)4/h1-3,9H,4-6,12H2;1H3,(H,3,4). The SMILES string of the molecule is CC(=O)O.NCC1OB2OCCOc3cccc1c32. The van der Waals surface area contributed by atoms with Gasteiger partial charge in [-0.05, 0) is 11.6 Å². The van der Waals surface area contributed by atoms with Gasteiger partial charge in [0.05, 0.1) is 12.7 Å². The molecule has 2 aliphatic rings. The molecule has 1 aromatic carbocycles. The molecular weight excluding hydrogens is 249 g/mol. The first kappa shape index (κ1) is 13.9. The van der Waals surface area contributed by atoms with Crippen molar-refractivity contribution >= 4 is 18.6 Å². The van der Waals surface area contributed by atoms with Gasteiger partial charge in [0, 0.05) is 18.9 Å². The molecule has 0 radical (unpaired) electrons. The molecule has 0 amide bonds. The number of aliphatic carboxylic acids is 1. The molecule has 0 bridgehead atoms. The molecule has 2 heterocycles. The van der Waals surface area contributed by atoms with Crippen LogP contribution >= 0.6 is 0 Å². The van der Waals surface area contributed by atoms with E-state index < -0.39 is 5.97 Å². The topological polar surface area (TPSA) is 91.0 Å². The molecule has 2 aliphatic heterocycles. The molecule has 6 nitrogen and oxygen atoms in total. The van der Waals surface area contributed by atoms with E-state index in [1.54, 1.807) is 0 Å². The molecule has 0 spiro atoms. The van der Waals surface area contributed by atoms with Crippen LogP contribution in [0.2, 0.25) is 0 Å². The highest BCUT2D eigenvalue weighted by Crippen LogP contribution is 2.29. The predicted octanol–water partition coefficient (Wildman–Crippen LogP) is -0.0883. The van der Waals surface area contributed by atoms with Crippen LogP contribution in [0.5, 0.6) is 5.75 Å². The molecule has 3 N–H and O–H groups in total. The molecule has 7 heteroatoms. The van der Waals surface area contributed by atoms with Gasteiger partial charge in [-0.2, -0.15) is 0 Å². The van der Waals surface area contributed by atoms with Crippen molar-refractivity contribution < 1.29 is 23.9 Å². The number of rotatable bonds is 1. The third-order valence-electron chi connectivity index (χ3n) is 2.79. The minimum Gasteiger partial charge on any atom is -0.492 e. The van der Waals surface area contributed by atoms with Gasteiger partial charge in [0.25, 0.3) is 5.97 Å². The number of carbonyl (C=O) groups is 1. The summed E-state index contributed by atoms with van der Waals surface area (Å²) in [6.07, 6.45) is -0.0633. The fraction of sp³-hybridized carbons (Fsp3) is 0.417. The van der Waals surface area contributed by atoms with Crippen molar-refractivity contribution in [1.82, 2.24) is 0 Å². The average Bonchev–Trinajstić information content (AvgIpc) is 2.59. The Hall–Kier alpha value is -1.57. The van der Waals surface area contributed by atoms with Crippen molar-refractivity contribution in [3.8, 4) is 5.75 Å². The average molecular weight is 265 g/mol. The second-order valence-electron chi connectivity index (χ2n) is 4.19. The lowest BCUT2D eigenvalue weighted by Crippen LogP contribution is -2.31. The molecule has 0 aliphatic carbocycles. The first-order valence-corrected chi connectivity index (χ1v) is 6.05. The summed E-state index contributed by atoms with van der Waals surface area (Å²) in [5.74, 6) is 0.0333. The maximum absolute atomic E-state index is 9.00. The Morgan fingerprint density at radius 1 is 1.53 bits per heavy atom. The summed E-state index contributed by atoms with van der Waals surface area (Å²) >= 11 is 0. The highest BCUT2D eigenvalue weighted by molar-refractivity contribution is 6.64. The van der Waals surface area contributed by atoms with E-state index in [2.05, 4.69) is 0 Å². The summed E-state index contributed by atoms with van der Waals surface area (Å²) in [4.78, 5) is 9.00. The lowest BCUT2D eigenvalue weighted by atomic mass is 9.78. The smallest absolute Gasteiger partial charge is 0.492 e. The molecular formula is C12H16BNO5. The minimum absolute atomic E-state index is 0.0633. The van der Waals surface area contributed by atoms with Gasteiger partial charge < -0.3 is 24.9 Å². The predicted molar refractivity (Wildman–Crippen MR) is 69.5 cm³/mol. The van der Waals surface area contributed by atoms with Crippen molar-refractivity contribution in [3.05, 3.63) is 23.8 Å². The van der Waals surface area contributed by atoms with E-state index in [0.717, 1.165) is 23.7 Å². The monoisotopic (exact) mass is 265 g/mol. The molecule has 0 saturated heterocycles. The molecule has 102 valence electrons. The van der Waals surface area contributed by atoms with Crippen LogP contribution in [0.15, 0.2) is 18.2 Å². The van der Waals surface area contributed by atoms with Crippen molar-refractivity contribution in [1.29, 1.82) is 0 Å². The molecule has 0 aromatic heterocycles. The Kier molecular flexibility index (Phi) is 4.41. The number of carboxylic acids is 1. The van der Waals surface area contributed by atoms with Crippen LogP contribution in [0, 0.1) is 0 Å². The zero-order chi connectivity index (χ0) is 13.8. The summed E-state index contributed by atoms with van der Waals surface area (Å²) in [6, 6.07) is 5.94. The lowest BCUT2D eigenvalue weighted by molar-refractivity contribution is -0.134. The number of ether oxygens (including phenoxy) is 1. The zero-order valence-electron chi connectivity index (χ0n) is 10.7. The van der Waals surface area contributed by atoms with Gasteiger partial charge >= 0.3 is 7.12 Å². The number of carboxylic acid groups (broad SMARTS) is 1. The summed E-state index contributed by atoms with van der Waals surface area (Å²) in [7, 11) is -0.299. The van der Waals surface area contributed by atoms with Crippen LogP contribution in [0.3, 0.4) is 0 Å². The van der Waals surface area contributed by atoms with E-state index in [-0.39, 0.29) is 13.2 Å². The fourth-order valence-corrected chi connectivity index (χ4v) is 2.12. The van der Waals surface area contributed by atoms with Crippen molar-refractivity contribution in [2.45, 2.75) is 13.0 Å². The van der Waals surface area contributed by atoms with Crippen LogP contribution in [0.4, 0.5) is 0 Å². The van der Waals surface area contributed by atoms with E-state index in [9.17, 15) is 0 Å². The molecule has 1 unspecified atom stereocenters. The first-order valence-electron chi connectivity index (χ1n) is 6.05. The fourth-order valence-electron chi connectivity index (χ4n) is 2.12. The third kappa shape index (κ3) is 3.06. The lowest BCUT2D eigenvalue weighted by Gasteiger charge is -2.11. The Balaban J connectivity index is 0.000000297. The van der Waals surface area contributed by atoms with Gasteiger partial charge in [0.2, 0.25) is 0 Å². The Labute approximate surface area is 111 Å². The quantitative estimate of drug-likeness (QED) is 0.690. The van der Waals surface area contributed by atoms with Crippen LogP contribution in [-0.2, 0) is 14.1 Å². The Morgan fingerprint density at radius 2 is 2.26 bits per heavy atom. The maximum atomic E-state index is 9.00. The Morgan fingerprint density at radius 3 is 2.95 bits per heavy atom. The van der Waals surface area contributed by atoms with Gasteiger partial charge in [-0.3, -0.25) is 4.79 Å². The molecule has 0 saturated carbocycles. The second kappa shape index (κ2) is 6.05. The van der Waals surface area contributed by atoms with Gasteiger partial charge in [-0.15, -0.1) is 0 Å². The number of nitrogens with two attached hydrogens (primary N) is 1. The van der Waals surface area contributed by atoms with E-state index in [1.807, 2.05) is 18.2 Å². The zero-order valence-corrected chi connectivity index (χ0v) is 10.7. The molecule has 3 rings (SSSR count). The molecule has 1 atom stereocenters. The minimum atomic E-state index is -0.833. The van der Waals surface area contributed by atoms with Gasteiger partial charge in [-0.25, -0.2) is 0 Å². The molecule has 1 aromatic rings. The number of hydrogen-bond donors (Lipinski definition) is 2. The van der Waals surface area contributed by atoms with Crippen molar-refractivity contribution in [2.75, 3.05) is 19.8 Å². The summed E-state index contributed by atoms with van der Waals surface area (Å²) in [5.41, 5.74) is 7.77. The van der Waals surface area contributed by atoms with Crippen molar-refractivity contribution in [3.63, 3.8) is 0 Å². The summed E-state index contributed by atoms with van der Waals surface area (Å²) in [5, 5.41) is 7.42. The van der Waals surface area contributed by atoms with E-state index in [4.69, 9.17) is 29.7 Å². The van der Waals surface area contributed by atoms with Crippen LogP contribution in [0.1, 0.15) is 18.6 Å². The van der Waals surface area contributed by atoms with Crippen LogP contribution < -0.4 is 15.9 Å². The highest BCUT2D eigenvalue weighted by Gasteiger charge is 2.40. The second-order valence-corrected chi connectivity index (χ2v) is 4.19. The van der Waals surface area contributed by atoms with Gasteiger partial charge in [0.15, 0.2) is 0 Å². The van der Waals surface area contributed by atoms with Crippen LogP contribution in [-0.4, -0.2) is 38.0 Å². The number of benzene rings is 1. The van der Waals surface area contributed by atoms with E-state index in [1.165, 1.54) is 0 Å². The van der Waals surface area contributed by atoms with E-state index >= 15 is 0 Å². The largest absolute Gasteiger partial charge is 0.498 e. The first-order chi connectivity index (χ1) is 9.13. The van der Waals surface area contributed by atoms with Crippen LogP contribution in [0.25, 0.3) is 0 Å². The normalized spacial score (nSPS) is 19.7. The molecule has 19 heavy (non-hydrogen) atoms. The highest BCUT2D eigenvalue weighted by atomic mass is 16.6. The third-order valence-corrected chi connectivity index (χ3v) is 2.79. The maximum Gasteiger partial charge on any atom is 0.498 e.